The van der Waals surface area contributed by atoms with Gasteiger partial charge in [-0.15, -0.1) is 6.58 Å². The number of hydrogen-bond donors (Lipinski definition) is 4. The normalized spacial score (nSPS) is 22.3. The molecule has 1 aliphatic heterocycles. The Morgan fingerprint density at radius 2 is 1.72 bits per heavy atom. The maximum absolute atomic E-state index is 14.1. The predicted octanol–water partition coefficient (Wildman–Crippen LogP) is 3.72. The molecule has 4 rings (SSSR count). The van der Waals surface area contributed by atoms with Crippen LogP contribution in [0.4, 0.5) is 10.5 Å². The van der Waals surface area contributed by atoms with E-state index in [-0.39, 0.29) is 36.8 Å². The minimum Gasteiger partial charge on any atom is -0.444 e. The summed E-state index contributed by atoms with van der Waals surface area (Å²) in [5.41, 5.74) is -1.11. The number of carbonyl (C=O) groups is 4. The molecule has 1 saturated carbocycles. The topological polar surface area (TPSA) is 172 Å². The summed E-state index contributed by atoms with van der Waals surface area (Å²) in [6, 6.07) is 13.9. The van der Waals surface area contributed by atoms with Crippen molar-refractivity contribution in [2.24, 2.45) is 11.8 Å². The average molecular weight is 712 g/mol. The van der Waals surface area contributed by atoms with Crippen molar-refractivity contribution >= 4 is 39.5 Å². The summed E-state index contributed by atoms with van der Waals surface area (Å²) in [4.78, 5) is 55.6. The first-order chi connectivity index (χ1) is 23.5. The van der Waals surface area contributed by atoms with Gasteiger partial charge in [0.2, 0.25) is 11.8 Å². The zero-order valence-corrected chi connectivity index (χ0v) is 30.3. The number of nitrogens with one attached hydrogen (secondary N) is 4. The zero-order chi connectivity index (χ0) is 36.9. The smallest absolute Gasteiger partial charge is 0.408 e. The Kier molecular flexibility index (Phi) is 12.0. The fourth-order valence-electron chi connectivity index (χ4n) is 6.14. The summed E-state index contributed by atoms with van der Waals surface area (Å²) in [5, 5.41) is 8.28. The van der Waals surface area contributed by atoms with E-state index in [1.54, 1.807) is 64.8 Å². The molecule has 4 N–H and O–H groups in total. The van der Waals surface area contributed by atoms with Gasteiger partial charge < -0.3 is 30.3 Å². The fraction of sp³-hybridized carbons (Fsp3) is 0.500. The van der Waals surface area contributed by atoms with Crippen molar-refractivity contribution in [1.29, 1.82) is 0 Å². The van der Waals surface area contributed by atoms with E-state index in [0.29, 0.717) is 12.1 Å². The van der Waals surface area contributed by atoms with Gasteiger partial charge in [-0.2, -0.15) is 0 Å². The molecule has 4 amide bonds. The zero-order valence-electron chi connectivity index (χ0n) is 29.5. The van der Waals surface area contributed by atoms with Crippen LogP contribution in [0.2, 0.25) is 0 Å². The van der Waals surface area contributed by atoms with Crippen molar-refractivity contribution in [2.75, 3.05) is 18.9 Å². The molecule has 50 heavy (non-hydrogen) atoms. The Bertz CT molecular complexity index is 1680. The van der Waals surface area contributed by atoms with Gasteiger partial charge >= 0.3 is 6.09 Å². The van der Waals surface area contributed by atoms with Gasteiger partial charge in [0, 0.05) is 25.9 Å². The molecule has 0 bridgehead atoms. The van der Waals surface area contributed by atoms with E-state index >= 15 is 0 Å². The highest BCUT2D eigenvalue weighted by Gasteiger charge is 2.60. The maximum atomic E-state index is 14.1. The molecule has 272 valence electrons. The number of amides is 4. The molecule has 1 saturated heterocycles. The molecule has 0 radical (unpaired) electrons. The second kappa shape index (κ2) is 15.6. The van der Waals surface area contributed by atoms with Crippen LogP contribution in [0.1, 0.15) is 59.4 Å². The van der Waals surface area contributed by atoms with Crippen LogP contribution < -0.4 is 20.7 Å². The number of para-hydroxylation sites is 1. The molecule has 2 aromatic carbocycles. The Morgan fingerprint density at radius 3 is 2.32 bits per heavy atom. The lowest BCUT2D eigenvalue weighted by Gasteiger charge is -2.33. The Hall–Kier alpha value is -4.43. The molecule has 1 heterocycles. The lowest BCUT2D eigenvalue weighted by molar-refractivity contribution is -0.139. The van der Waals surface area contributed by atoms with Gasteiger partial charge in [-0.3, -0.25) is 14.4 Å². The molecule has 2 fully saturated rings. The Balaban J connectivity index is 1.55. The molecule has 5 atom stereocenters. The highest BCUT2D eigenvalue weighted by Crippen LogP contribution is 2.45. The summed E-state index contributed by atoms with van der Waals surface area (Å²) >= 11 is 0. The summed E-state index contributed by atoms with van der Waals surface area (Å²) in [6.07, 6.45) is 0.555. The quantitative estimate of drug-likeness (QED) is 0.213. The summed E-state index contributed by atoms with van der Waals surface area (Å²) in [7, 11) is -2.74. The van der Waals surface area contributed by atoms with Gasteiger partial charge in [-0.05, 0) is 57.2 Å². The molecule has 0 aromatic heterocycles. The lowest BCUT2D eigenvalue weighted by atomic mass is 10.0. The number of carbonyl (C=O) groups excluding carboxylic acids is 4. The molecule has 2 aromatic rings. The van der Waals surface area contributed by atoms with Crippen molar-refractivity contribution < 1.29 is 37.1 Å². The number of likely N-dealkylation sites (tertiary alicyclic amines) is 1. The van der Waals surface area contributed by atoms with E-state index in [4.69, 9.17) is 9.47 Å². The standard InChI is InChI=1S/C36H49N5O8S/c1-8-25-21-36(25,33(44)40-50(46,47)29-17-13-12-16-26(29)37-7)39-30(42)20-27-28(48-22-24-14-10-9-11-15-24)18-19-41(27)32(43)31(23(2)3)38-34(45)49-35(4,5)6/h8-17,23,25,27-28,31,37H,1,18-22H2,2-7H3,(H,38,45)(H,39,42)(H,40,44)/t25-,27?,28?,31+,36-/m1/s1. The molecule has 2 aliphatic rings. The third-order valence-electron chi connectivity index (χ3n) is 8.81. The SMILES string of the molecule is C=C[C@@H]1C[C@]1(NC(=O)CC1C(OCc2ccccc2)CCN1C(=O)[C@@H](NC(=O)OC(C)(C)C)C(C)C)C(=O)NS(=O)(=O)c1ccccc1NC. The number of rotatable bonds is 14. The second-order valence-electron chi connectivity index (χ2n) is 14.0. The molecule has 13 nitrogen and oxygen atoms in total. The van der Waals surface area contributed by atoms with Crippen molar-refractivity contribution in [2.45, 2.75) is 94.7 Å². The van der Waals surface area contributed by atoms with E-state index in [0.717, 1.165) is 5.56 Å². The van der Waals surface area contributed by atoms with Crippen LogP contribution >= 0.6 is 0 Å². The van der Waals surface area contributed by atoms with E-state index in [2.05, 4.69) is 27.3 Å². The maximum Gasteiger partial charge on any atom is 0.408 e. The van der Waals surface area contributed by atoms with Crippen LogP contribution in [0, 0.1) is 11.8 Å². The van der Waals surface area contributed by atoms with Crippen LogP contribution in [0.15, 0.2) is 72.1 Å². The van der Waals surface area contributed by atoms with Crippen molar-refractivity contribution in [1.82, 2.24) is 20.3 Å². The first kappa shape index (κ1) is 38.4. The number of hydrogen-bond acceptors (Lipinski definition) is 9. The Labute approximate surface area is 294 Å². The highest BCUT2D eigenvalue weighted by molar-refractivity contribution is 7.90. The minimum atomic E-state index is -4.30. The van der Waals surface area contributed by atoms with Crippen molar-refractivity contribution in [3.8, 4) is 0 Å². The molecule has 1 aliphatic carbocycles. The Morgan fingerprint density at radius 1 is 1.06 bits per heavy atom. The number of ether oxygens (including phenoxy) is 2. The van der Waals surface area contributed by atoms with Gasteiger partial charge in [0.1, 0.15) is 22.1 Å². The van der Waals surface area contributed by atoms with E-state index in [1.807, 2.05) is 30.3 Å². The first-order valence-electron chi connectivity index (χ1n) is 16.7. The molecule has 14 heteroatoms. The fourth-order valence-corrected chi connectivity index (χ4v) is 7.39. The van der Waals surface area contributed by atoms with E-state index in [1.165, 1.54) is 12.1 Å². The lowest BCUT2D eigenvalue weighted by Crippen LogP contribution is -2.56. The van der Waals surface area contributed by atoms with Crippen molar-refractivity contribution in [3.05, 3.63) is 72.8 Å². The summed E-state index contributed by atoms with van der Waals surface area (Å²) in [6.45, 7) is 13.0. The molecule has 2 unspecified atom stereocenters. The van der Waals surface area contributed by atoms with Gasteiger partial charge in [-0.25, -0.2) is 17.9 Å². The van der Waals surface area contributed by atoms with Gasteiger partial charge in [-0.1, -0.05) is 62.4 Å². The van der Waals surface area contributed by atoms with Crippen LogP contribution in [-0.4, -0.2) is 80.1 Å². The number of sulfonamides is 1. The number of benzene rings is 2. The van der Waals surface area contributed by atoms with Crippen LogP contribution in [0.3, 0.4) is 0 Å². The van der Waals surface area contributed by atoms with Crippen LogP contribution in [0.25, 0.3) is 0 Å². The highest BCUT2D eigenvalue weighted by atomic mass is 32.2. The summed E-state index contributed by atoms with van der Waals surface area (Å²) in [5.74, 6) is -2.69. The molecule has 0 spiro atoms. The van der Waals surface area contributed by atoms with E-state index < -0.39 is 69.1 Å². The number of nitrogens with zero attached hydrogens (tertiary/aromatic N) is 1. The number of alkyl carbamates (subject to hydrolysis) is 1. The van der Waals surface area contributed by atoms with Gasteiger partial charge in [0.05, 0.1) is 24.4 Å². The van der Waals surface area contributed by atoms with Crippen LogP contribution in [-0.2, 0) is 40.5 Å². The predicted molar refractivity (Wildman–Crippen MR) is 188 cm³/mol. The first-order valence-corrected chi connectivity index (χ1v) is 18.2. The number of anilines is 1. The van der Waals surface area contributed by atoms with Crippen molar-refractivity contribution in [3.63, 3.8) is 0 Å². The summed E-state index contributed by atoms with van der Waals surface area (Å²) < 4.78 is 40.4. The van der Waals surface area contributed by atoms with Gasteiger partial charge in [0.25, 0.3) is 15.9 Å². The average Bonchev–Trinajstić information content (AvgIpc) is 3.63. The third-order valence-corrected chi connectivity index (χ3v) is 10.2. The second-order valence-corrected chi connectivity index (χ2v) is 15.7. The van der Waals surface area contributed by atoms with E-state index in [9.17, 15) is 27.6 Å². The third kappa shape index (κ3) is 9.21. The van der Waals surface area contributed by atoms with Gasteiger partial charge in [0.15, 0.2) is 0 Å². The largest absolute Gasteiger partial charge is 0.444 e. The molecular formula is C36H49N5O8S. The van der Waals surface area contributed by atoms with Crippen LogP contribution in [0.5, 0.6) is 0 Å². The molecular weight excluding hydrogens is 662 g/mol. The minimum absolute atomic E-state index is 0.119. The monoisotopic (exact) mass is 711 g/mol.